The highest BCUT2D eigenvalue weighted by molar-refractivity contribution is 5.99. The molecule has 0 saturated carbocycles. The molecule has 0 radical (unpaired) electrons. The molecule has 1 N–H and O–H groups in total. The fourth-order valence-corrected chi connectivity index (χ4v) is 2.86. The zero-order chi connectivity index (χ0) is 17.6. The Morgan fingerprint density at radius 3 is 2.48 bits per heavy atom. The molecule has 0 fully saturated rings. The molecule has 1 amide bonds. The number of methoxy groups -OCH3 is 2. The van der Waals surface area contributed by atoms with E-state index in [4.69, 9.17) is 9.47 Å². The molecule has 1 aliphatic rings. The van der Waals surface area contributed by atoms with Crippen LogP contribution >= 0.6 is 0 Å². The second-order valence-corrected chi connectivity index (χ2v) is 5.81. The van der Waals surface area contributed by atoms with Crippen molar-refractivity contribution >= 4 is 17.7 Å². The number of hydrogen-bond donors (Lipinski definition) is 1. The number of fused-ring (bicyclic) bond motifs is 1. The molecule has 0 heterocycles. The molecule has 4 heteroatoms. The van der Waals surface area contributed by atoms with E-state index < -0.39 is 0 Å². The molecule has 0 saturated heterocycles. The average molecular weight is 335 g/mol. The summed E-state index contributed by atoms with van der Waals surface area (Å²) in [5.74, 6) is 1.32. The molecule has 0 spiro atoms. The molecule has 0 unspecified atom stereocenters. The standard InChI is InChI=1S/C21H21NO3/c1-24-19-13-16-10-8-15(12-17(16)14-20(19)25-2)9-11-21(23)22-18-6-4-3-5-7-18/h3-7,9,11-14H,8,10H2,1-2H3,(H,22,23). The Morgan fingerprint density at radius 2 is 1.76 bits per heavy atom. The quantitative estimate of drug-likeness (QED) is 0.832. The van der Waals surface area contributed by atoms with Crippen LogP contribution in [-0.4, -0.2) is 20.1 Å². The van der Waals surface area contributed by atoms with Crippen molar-refractivity contribution in [1.29, 1.82) is 0 Å². The molecule has 0 bridgehead atoms. The number of allylic oxidation sites excluding steroid dienone is 2. The van der Waals surface area contributed by atoms with Gasteiger partial charge in [-0.1, -0.05) is 30.4 Å². The highest BCUT2D eigenvalue weighted by atomic mass is 16.5. The summed E-state index contributed by atoms with van der Waals surface area (Å²) in [5.41, 5.74) is 4.23. The summed E-state index contributed by atoms with van der Waals surface area (Å²) in [6.07, 6.45) is 7.33. The van der Waals surface area contributed by atoms with Gasteiger partial charge < -0.3 is 14.8 Å². The number of benzene rings is 2. The van der Waals surface area contributed by atoms with Crippen LogP contribution in [0.15, 0.2) is 60.2 Å². The third-order valence-electron chi connectivity index (χ3n) is 4.16. The van der Waals surface area contributed by atoms with Gasteiger partial charge in [0, 0.05) is 11.8 Å². The molecule has 25 heavy (non-hydrogen) atoms. The van der Waals surface area contributed by atoms with Crippen LogP contribution < -0.4 is 14.8 Å². The van der Waals surface area contributed by atoms with Gasteiger partial charge in [0.25, 0.3) is 0 Å². The number of hydrogen-bond acceptors (Lipinski definition) is 3. The molecule has 2 aromatic rings. The lowest BCUT2D eigenvalue weighted by molar-refractivity contribution is -0.111. The number of amides is 1. The van der Waals surface area contributed by atoms with E-state index in [1.54, 1.807) is 20.3 Å². The van der Waals surface area contributed by atoms with E-state index in [1.165, 1.54) is 5.56 Å². The van der Waals surface area contributed by atoms with Gasteiger partial charge in [0.15, 0.2) is 11.5 Å². The average Bonchev–Trinajstić information content (AvgIpc) is 2.65. The minimum atomic E-state index is -0.134. The van der Waals surface area contributed by atoms with E-state index in [0.717, 1.165) is 35.4 Å². The number of rotatable bonds is 5. The molecule has 4 nitrogen and oxygen atoms in total. The first-order chi connectivity index (χ1) is 12.2. The lowest BCUT2D eigenvalue weighted by Gasteiger charge is -2.17. The zero-order valence-electron chi connectivity index (χ0n) is 14.4. The summed E-state index contributed by atoms with van der Waals surface area (Å²) in [6.45, 7) is 0. The summed E-state index contributed by atoms with van der Waals surface area (Å²) < 4.78 is 10.7. The number of ether oxygens (including phenoxy) is 2. The Labute approximate surface area is 147 Å². The van der Waals surface area contributed by atoms with Gasteiger partial charge in [0.05, 0.1) is 14.2 Å². The van der Waals surface area contributed by atoms with E-state index in [1.807, 2.05) is 48.5 Å². The Kier molecular flexibility index (Phi) is 5.19. The third kappa shape index (κ3) is 4.10. The fourth-order valence-electron chi connectivity index (χ4n) is 2.86. The van der Waals surface area contributed by atoms with Gasteiger partial charge in [0.2, 0.25) is 5.91 Å². The second-order valence-electron chi connectivity index (χ2n) is 5.81. The highest BCUT2D eigenvalue weighted by Crippen LogP contribution is 2.35. The van der Waals surface area contributed by atoms with Crippen molar-refractivity contribution in [2.75, 3.05) is 19.5 Å². The Bertz CT molecular complexity index is 823. The van der Waals surface area contributed by atoms with Crippen LogP contribution in [0.4, 0.5) is 5.69 Å². The lowest BCUT2D eigenvalue weighted by Crippen LogP contribution is -2.08. The van der Waals surface area contributed by atoms with Crippen LogP contribution in [0.3, 0.4) is 0 Å². The van der Waals surface area contributed by atoms with E-state index in [0.29, 0.717) is 5.75 Å². The second kappa shape index (κ2) is 7.71. The number of nitrogens with one attached hydrogen (secondary N) is 1. The predicted octanol–water partition coefficient (Wildman–Crippen LogP) is 4.23. The summed E-state index contributed by atoms with van der Waals surface area (Å²) in [4.78, 5) is 12.0. The highest BCUT2D eigenvalue weighted by Gasteiger charge is 2.14. The van der Waals surface area contributed by atoms with Crippen molar-refractivity contribution in [2.24, 2.45) is 0 Å². The topological polar surface area (TPSA) is 47.6 Å². The third-order valence-corrected chi connectivity index (χ3v) is 4.16. The van der Waals surface area contributed by atoms with Crippen LogP contribution in [0.5, 0.6) is 11.5 Å². The number of aryl methyl sites for hydroxylation is 1. The molecule has 128 valence electrons. The van der Waals surface area contributed by atoms with E-state index in [-0.39, 0.29) is 5.91 Å². The summed E-state index contributed by atoms with van der Waals surface area (Å²) in [6, 6.07) is 13.4. The summed E-state index contributed by atoms with van der Waals surface area (Å²) >= 11 is 0. The van der Waals surface area contributed by atoms with Crippen LogP contribution in [-0.2, 0) is 11.2 Å². The van der Waals surface area contributed by atoms with Crippen LogP contribution in [0.25, 0.3) is 6.08 Å². The van der Waals surface area contributed by atoms with Gasteiger partial charge in [-0.05, 0) is 53.8 Å². The SMILES string of the molecule is COc1cc2c(cc1OC)CCC(C=CC(=O)Nc1ccccc1)=C2. The van der Waals surface area contributed by atoms with E-state index >= 15 is 0 Å². The first-order valence-corrected chi connectivity index (χ1v) is 8.19. The van der Waals surface area contributed by atoms with Crippen molar-refractivity contribution in [3.63, 3.8) is 0 Å². The molecule has 2 aromatic carbocycles. The minimum absolute atomic E-state index is 0.134. The van der Waals surface area contributed by atoms with Crippen molar-refractivity contribution in [3.8, 4) is 11.5 Å². The van der Waals surface area contributed by atoms with Gasteiger partial charge >= 0.3 is 0 Å². The molecule has 3 rings (SSSR count). The summed E-state index contributed by atoms with van der Waals surface area (Å²) in [7, 11) is 3.27. The Morgan fingerprint density at radius 1 is 1.04 bits per heavy atom. The van der Waals surface area contributed by atoms with Gasteiger partial charge in [-0.25, -0.2) is 0 Å². The van der Waals surface area contributed by atoms with Crippen molar-refractivity contribution in [3.05, 3.63) is 71.3 Å². The van der Waals surface area contributed by atoms with Gasteiger partial charge in [-0.3, -0.25) is 4.79 Å². The molecule has 0 atom stereocenters. The van der Waals surface area contributed by atoms with Gasteiger partial charge in [-0.15, -0.1) is 0 Å². The smallest absolute Gasteiger partial charge is 0.248 e. The summed E-state index contributed by atoms with van der Waals surface area (Å²) in [5, 5.41) is 2.84. The van der Waals surface area contributed by atoms with Crippen LogP contribution in [0.2, 0.25) is 0 Å². The minimum Gasteiger partial charge on any atom is -0.493 e. The number of carbonyl (C=O) groups is 1. The maximum absolute atomic E-state index is 12.0. The number of para-hydroxylation sites is 1. The predicted molar refractivity (Wildman–Crippen MR) is 100 cm³/mol. The lowest BCUT2D eigenvalue weighted by atomic mass is 9.91. The molecule has 1 aliphatic carbocycles. The molecular formula is C21H21NO3. The Balaban J connectivity index is 1.74. The van der Waals surface area contributed by atoms with Crippen LogP contribution in [0, 0.1) is 0 Å². The molecule has 0 aliphatic heterocycles. The van der Waals surface area contributed by atoms with E-state index in [2.05, 4.69) is 11.4 Å². The Hall–Kier alpha value is -3.01. The van der Waals surface area contributed by atoms with E-state index in [9.17, 15) is 4.79 Å². The van der Waals surface area contributed by atoms with Gasteiger partial charge in [-0.2, -0.15) is 0 Å². The largest absolute Gasteiger partial charge is 0.493 e. The van der Waals surface area contributed by atoms with Crippen LogP contribution in [0.1, 0.15) is 17.5 Å². The first-order valence-electron chi connectivity index (χ1n) is 8.19. The maximum atomic E-state index is 12.0. The molecule has 0 aromatic heterocycles. The normalized spacial score (nSPS) is 13.1. The maximum Gasteiger partial charge on any atom is 0.248 e. The fraction of sp³-hybridized carbons (Fsp3) is 0.190. The number of carbonyl (C=O) groups excluding carboxylic acids is 1. The first kappa shape index (κ1) is 16.8. The molecular weight excluding hydrogens is 314 g/mol. The van der Waals surface area contributed by atoms with Crippen molar-refractivity contribution in [2.45, 2.75) is 12.8 Å². The van der Waals surface area contributed by atoms with Crippen molar-refractivity contribution < 1.29 is 14.3 Å². The van der Waals surface area contributed by atoms with Crippen molar-refractivity contribution in [1.82, 2.24) is 0 Å². The zero-order valence-corrected chi connectivity index (χ0v) is 14.4. The monoisotopic (exact) mass is 335 g/mol. The van der Waals surface area contributed by atoms with Gasteiger partial charge in [0.1, 0.15) is 0 Å². The number of anilines is 1.